The predicted octanol–water partition coefficient (Wildman–Crippen LogP) is 4.68. The van der Waals surface area contributed by atoms with Crippen molar-refractivity contribution in [3.8, 4) is 0 Å². The van der Waals surface area contributed by atoms with Crippen molar-refractivity contribution >= 4 is 11.4 Å². The number of nitrogens with zero attached hydrogens (tertiary/aromatic N) is 2. The van der Waals surface area contributed by atoms with Crippen molar-refractivity contribution in [2.24, 2.45) is 0 Å². The number of hydrogen-bond acceptors (Lipinski definition) is 4. The van der Waals surface area contributed by atoms with Gasteiger partial charge in [0.15, 0.2) is 0 Å². The van der Waals surface area contributed by atoms with Crippen LogP contribution in [0, 0.1) is 20.2 Å². The maximum atomic E-state index is 10.9. The van der Waals surface area contributed by atoms with E-state index in [-0.39, 0.29) is 17.3 Å². The molecule has 3 aromatic rings. The summed E-state index contributed by atoms with van der Waals surface area (Å²) in [4.78, 5) is 20.9. The molecule has 0 unspecified atom stereocenters. The largest absolute Gasteiger partial charge is 0.269 e. The van der Waals surface area contributed by atoms with Crippen LogP contribution < -0.4 is 0 Å². The Hall–Kier alpha value is -3.54. The van der Waals surface area contributed by atoms with Crippen LogP contribution in [0.1, 0.15) is 22.6 Å². The Morgan fingerprint density at radius 2 is 0.920 bits per heavy atom. The number of benzene rings is 3. The Kier molecular flexibility index (Phi) is 4.52. The molecule has 0 radical (unpaired) electrons. The van der Waals surface area contributed by atoms with Gasteiger partial charge in [-0.3, -0.25) is 20.2 Å². The second-order valence-electron chi connectivity index (χ2n) is 5.54. The molecule has 6 heteroatoms. The molecule has 0 aliphatic heterocycles. The fraction of sp³-hybridized carbons (Fsp3) is 0.0526. The molecule has 0 aliphatic rings. The molecule has 124 valence electrons. The second kappa shape index (κ2) is 6.92. The topological polar surface area (TPSA) is 86.3 Å². The number of hydrogen-bond donors (Lipinski definition) is 0. The van der Waals surface area contributed by atoms with E-state index >= 15 is 0 Å². The van der Waals surface area contributed by atoms with Crippen molar-refractivity contribution in [2.75, 3.05) is 0 Å². The standard InChI is InChI=1S/C19H14N2O4/c22-20(23)17-10-6-15(7-11-17)19(14-4-2-1-3-5-14)16-8-12-18(13-9-16)21(24)25/h1-13,19H. The fourth-order valence-corrected chi connectivity index (χ4v) is 2.80. The Morgan fingerprint density at radius 3 is 1.28 bits per heavy atom. The van der Waals surface area contributed by atoms with Crippen LogP contribution in [0.15, 0.2) is 78.9 Å². The number of rotatable bonds is 5. The van der Waals surface area contributed by atoms with Gasteiger partial charge in [-0.15, -0.1) is 0 Å². The number of nitro groups is 2. The van der Waals surface area contributed by atoms with Crippen molar-refractivity contribution in [3.63, 3.8) is 0 Å². The fourth-order valence-electron chi connectivity index (χ4n) is 2.80. The molecule has 0 atom stereocenters. The summed E-state index contributed by atoms with van der Waals surface area (Å²) in [5.41, 5.74) is 2.82. The lowest BCUT2D eigenvalue weighted by molar-refractivity contribution is -0.385. The van der Waals surface area contributed by atoms with Gasteiger partial charge in [0, 0.05) is 30.2 Å². The summed E-state index contributed by atoms with van der Waals surface area (Å²) in [6, 6.07) is 22.4. The highest BCUT2D eigenvalue weighted by Crippen LogP contribution is 2.33. The molecule has 3 aromatic carbocycles. The minimum absolute atomic E-state index is 0.0271. The number of non-ortho nitro benzene ring substituents is 2. The molecule has 0 amide bonds. The zero-order valence-electron chi connectivity index (χ0n) is 13.1. The molecule has 0 saturated heterocycles. The molecule has 0 saturated carbocycles. The highest BCUT2D eigenvalue weighted by atomic mass is 16.6. The van der Waals surface area contributed by atoms with E-state index in [0.29, 0.717) is 0 Å². The van der Waals surface area contributed by atoms with Crippen LogP contribution in [0.2, 0.25) is 0 Å². The van der Waals surface area contributed by atoms with E-state index < -0.39 is 9.85 Å². The van der Waals surface area contributed by atoms with Crippen LogP contribution in [-0.2, 0) is 0 Å². The molecule has 25 heavy (non-hydrogen) atoms. The molecule has 0 N–H and O–H groups in total. The van der Waals surface area contributed by atoms with Crippen molar-refractivity contribution in [3.05, 3.63) is 116 Å². The van der Waals surface area contributed by atoms with Crippen LogP contribution in [0.5, 0.6) is 0 Å². The van der Waals surface area contributed by atoms with Crippen LogP contribution in [0.3, 0.4) is 0 Å². The monoisotopic (exact) mass is 334 g/mol. The molecule has 6 nitrogen and oxygen atoms in total. The van der Waals surface area contributed by atoms with E-state index in [4.69, 9.17) is 0 Å². The van der Waals surface area contributed by atoms with Gasteiger partial charge in [-0.05, 0) is 16.7 Å². The lowest BCUT2D eigenvalue weighted by Gasteiger charge is -2.18. The van der Waals surface area contributed by atoms with Gasteiger partial charge < -0.3 is 0 Å². The van der Waals surface area contributed by atoms with Gasteiger partial charge in [-0.25, -0.2) is 0 Å². The molecule has 0 aliphatic carbocycles. The van der Waals surface area contributed by atoms with E-state index in [1.54, 1.807) is 24.3 Å². The summed E-state index contributed by atoms with van der Waals surface area (Å²) in [5, 5.41) is 21.7. The van der Waals surface area contributed by atoms with Gasteiger partial charge in [0.25, 0.3) is 11.4 Å². The third kappa shape index (κ3) is 3.53. The van der Waals surface area contributed by atoms with Gasteiger partial charge >= 0.3 is 0 Å². The zero-order chi connectivity index (χ0) is 17.8. The SMILES string of the molecule is O=[N+]([O-])c1ccc(C(c2ccccc2)c2ccc([N+](=O)[O-])cc2)cc1. The average molecular weight is 334 g/mol. The van der Waals surface area contributed by atoms with Crippen LogP contribution in [0.4, 0.5) is 11.4 Å². The Morgan fingerprint density at radius 1 is 0.560 bits per heavy atom. The van der Waals surface area contributed by atoms with Crippen molar-refractivity contribution in [2.45, 2.75) is 5.92 Å². The Balaban J connectivity index is 2.07. The Labute approximate surface area is 143 Å². The Bertz CT molecular complexity index is 833. The van der Waals surface area contributed by atoms with Gasteiger partial charge in [0.2, 0.25) is 0 Å². The molecule has 0 spiro atoms. The third-order valence-corrected chi connectivity index (χ3v) is 4.01. The lowest BCUT2D eigenvalue weighted by atomic mass is 9.85. The van der Waals surface area contributed by atoms with Gasteiger partial charge in [0.05, 0.1) is 9.85 Å². The summed E-state index contributed by atoms with van der Waals surface area (Å²) >= 11 is 0. The minimum Gasteiger partial charge on any atom is -0.258 e. The van der Waals surface area contributed by atoms with E-state index in [9.17, 15) is 20.2 Å². The van der Waals surface area contributed by atoms with Crippen molar-refractivity contribution < 1.29 is 9.85 Å². The van der Waals surface area contributed by atoms with Gasteiger partial charge in [0.1, 0.15) is 0 Å². The first-order chi connectivity index (χ1) is 12.1. The summed E-state index contributed by atoms with van der Waals surface area (Å²) in [7, 11) is 0. The maximum Gasteiger partial charge on any atom is 0.269 e. The first-order valence-corrected chi connectivity index (χ1v) is 7.60. The molecular weight excluding hydrogens is 320 g/mol. The normalized spacial score (nSPS) is 10.6. The van der Waals surface area contributed by atoms with Crippen LogP contribution in [0.25, 0.3) is 0 Å². The average Bonchev–Trinajstić information content (AvgIpc) is 2.64. The predicted molar refractivity (Wildman–Crippen MR) is 93.6 cm³/mol. The molecular formula is C19H14N2O4. The highest BCUT2D eigenvalue weighted by Gasteiger charge is 2.18. The highest BCUT2D eigenvalue weighted by molar-refractivity contribution is 5.47. The minimum atomic E-state index is -0.437. The lowest BCUT2D eigenvalue weighted by Crippen LogP contribution is -2.04. The summed E-state index contributed by atoms with van der Waals surface area (Å²) in [6.07, 6.45) is 0. The summed E-state index contributed by atoms with van der Waals surface area (Å²) < 4.78 is 0. The summed E-state index contributed by atoms with van der Waals surface area (Å²) in [6.45, 7) is 0. The first kappa shape index (κ1) is 16.3. The quantitative estimate of drug-likeness (QED) is 0.385. The molecule has 3 rings (SSSR count). The van der Waals surface area contributed by atoms with Gasteiger partial charge in [-0.2, -0.15) is 0 Å². The third-order valence-electron chi connectivity index (χ3n) is 4.01. The number of nitro benzene ring substituents is 2. The molecule has 0 heterocycles. The van der Waals surface area contributed by atoms with E-state index in [1.165, 1.54) is 24.3 Å². The van der Waals surface area contributed by atoms with Crippen molar-refractivity contribution in [1.82, 2.24) is 0 Å². The maximum absolute atomic E-state index is 10.9. The molecule has 0 bridgehead atoms. The van der Waals surface area contributed by atoms with Crippen molar-refractivity contribution in [1.29, 1.82) is 0 Å². The molecule has 0 fully saturated rings. The smallest absolute Gasteiger partial charge is 0.258 e. The van der Waals surface area contributed by atoms with E-state index in [1.807, 2.05) is 30.3 Å². The van der Waals surface area contributed by atoms with E-state index in [0.717, 1.165) is 16.7 Å². The van der Waals surface area contributed by atoms with Crippen LogP contribution >= 0.6 is 0 Å². The van der Waals surface area contributed by atoms with Crippen LogP contribution in [-0.4, -0.2) is 9.85 Å². The summed E-state index contributed by atoms with van der Waals surface area (Å²) in [5.74, 6) is -0.164. The van der Waals surface area contributed by atoms with E-state index in [2.05, 4.69) is 0 Å². The zero-order valence-corrected chi connectivity index (χ0v) is 13.1. The molecule has 0 aromatic heterocycles. The first-order valence-electron chi connectivity index (χ1n) is 7.60. The van der Waals surface area contributed by atoms with Gasteiger partial charge in [-0.1, -0.05) is 54.6 Å². The second-order valence-corrected chi connectivity index (χ2v) is 5.54.